The summed E-state index contributed by atoms with van der Waals surface area (Å²) >= 11 is 0. The quantitative estimate of drug-likeness (QED) is 0.747. The highest BCUT2D eigenvalue weighted by atomic mass is 16.5. The Morgan fingerprint density at radius 3 is 2.56 bits per heavy atom. The second kappa shape index (κ2) is 5.31. The van der Waals surface area contributed by atoms with Crippen LogP contribution in [-0.2, 0) is 6.42 Å². The van der Waals surface area contributed by atoms with Gasteiger partial charge in [0.2, 0.25) is 0 Å². The van der Waals surface area contributed by atoms with Crippen molar-refractivity contribution in [2.75, 3.05) is 7.11 Å². The van der Waals surface area contributed by atoms with Gasteiger partial charge in [-0.15, -0.1) is 0 Å². The molecule has 2 saturated carbocycles. The number of fused-ring (bicyclic) bond motifs is 4. The van der Waals surface area contributed by atoms with Crippen molar-refractivity contribution in [2.45, 2.75) is 71.8 Å². The molecule has 0 saturated heterocycles. The summed E-state index contributed by atoms with van der Waals surface area (Å²) in [5.74, 6) is 2.83. The van der Waals surface area contributed by atoms with E-state index >= 15 is 0 Å². The Hall–Kier alpha value is -1.38. The second-order valence-corrected chi connectivity index (χ2v) is 9.74. The second-order valence-electron chi connectivity index (χ2n) is 9.74. The summed E-state index contributed by atoms with van der Waals surface area (Å²) in [4.78, 5) is 0. The highest BCUT2D eigenvalue weighted by Crippen LogP contribution is 2.64. The number of benzene rings is 1. The van der Waals surface area contributed by atoms with Crippen LogP contribution in [0.1, 0.15) is 65.4 Å². The zero-order valence-corrected chi connectivity index (χ0v) is 16.3. The number of ether oxygens (including phenoxy) is 2. The lowest BCUT2D eigenvalue weighted by Crippen LogP contribution is -2.61. The van der Waals surface area contributed by atoms with Crippen molar-refractivity contribution in [3.8, 4) is 17.2 Å². The van der Waals surface area contributed by atoms with Crippen LogP contribution in [0.25, 0.3) is 0 Å². The van der Waals surface area contributed by atoms with Gasteiger partial charge in [-0.25, -0.2) is 0 Å². The Bertz CT molecular complexity index is 695. The monoisotopic (exact) mass is 344 g/mol. The molecule has 2 fully saturated rings. The third-order valence-corrected chi connectivity index (χ3v) is 7.87. The van der Waals surface area contributed by atoms with E-state index in [-0.39, 0.29) is 11.4 Å². The predicted octanol–water partition coefficient (Wildman–Crippen LogP) is 5.34. The molecule has 1 aromatic carbocycles. The van der Waals surface area contributed by atoms with Crippen LogP contribution >= 0.6 is 0 Å². The summed E-state index contributed by atoms with van der Waals surface area (Å²) in [6, 6.07) is 3.72. The number of aromatic hydroxyl groups is 1. The molecule has 2 aliphatic carbocycles. The van der Waals surface area contributed by atoms with Crippen LogP contribution < -0.4 is 9.47 Å². The van der Waals surface area contributed by atoms with Gasteiger partial charge in [-0.1, -0.05) is 27.2 Å². The van der Waals surface area contributed by atoms with Gasteiger partial charge in [0.1, 0.15) is 11.4 Å². The maximum atomic E-state index is 10.1. The molecule has 4 rings (SSSR count). The van der Waals surface area contributed by atoms with Crippen LogP contribution in [-0.4, -0.2) is 17.8 Å². The van der Waals surface area contributed by atoms with E-state index in [1.165, 1.54) is 31.2 Å². The topological polar surface area (TPSA) is 38.7 Å². The fourth-order valence-corrected chi connectivity index (χ4v) is 6.66. The molecule has 0 bridgehead atoms. The largest absolute Gasteiger partial charge is 0.504 e. The van der Waals surface area contributed by atoms with Gasteiger partial charge in [-0.05, 0) is 67.4 Å². The lowest BCUT2D eigenvalue weighted by atomic mass is 9.44. The van der Waals surface area contributed by atoms with Crippen LogP contribution in [0, 0.1) is 22.7 Å². The number of methoxy groups -OCH3 is 1. The van der Waals surface area contributed by atoms with Crippen molar-refractivity contribution >= 4 is 0 Å². The van der Waals surface area contributed by atoms with E-state index in [4.69, 9.17) is 9.47 Å². The molecule has 138 valence electrons. The molecule has 3 nitrogen and oxygen atoms in total. The Kier molecular flexibility index (Phi) is 3.62. The Balaban J connectivity index is 1.77. The minimum absolute atomic E-state index is 0.132. The van der Waals surface area contributed by atoms with E-state index in [0.717, 1.165) is 24.5 Å². The molecule has 1 heterocycles. The normalized spacial score (nSPS) is 38.8. The first-order valence-corrected chi connectivity index (χ1v) is 9.78. The van der Waals surface area contributed by atoms with Crippen LogP contribution in [0.4, 0.5) is 0 Å². The summed E-state index contributed by atoms with van der Waals surface area (Å²) in [7, 11) is 1.61. The van der Waals surface area contributed by atoms with Crippen LogP contribution in [0.3, 0.4) is 0 Å². The average Bonchev–Trinajstić information content (AvgIpc) is 2.52. The zero-order valence-electron chi connectivity index (χ0n) is 16.3. The maximum Gasteiger partial charge on any atom is 0.161 e. The first-order valence-electron chi connectivity index (χ1n) is 9.78. The van der Waals surface area contributed by atoms with Crippen LogP contribution in [0.2, 0.25) is 0 Å². The smallest absolute Gasteiger partial charge is 0.161 e. The van der Waals surface area contributed by atoms with Crippen molar-refractivity contribution < 1.29 is 14.6 Å². The molecule has 1 N–H and O–H groups in total. The molecule has 0 unspecified atom stereocenters. The number of hydrogen-bond acceptors (Lipinski definition) is 3. The molecule has 4 atom stereocenters. The van der Waals surface area contributed by atoms with Gasteiger partial charge >= 0.3 is 0 Å². The molecular formula is C22H32O3. The van der Waals surface area contributed by atoms with E-state index < -0.39 is 0 Å². The van der Waals surface area contributed by atoms with E-state index in [1.807, 2.05) is 6.07 Å². The lowest BCUT2D eigenvalue weighted by molar-refractivity contribution is -0.162. The molecule has 1 aliphatic heterocycles. The fraction of sp³-hybridized carbons (Fsp3) is 0.727. The number of phenols is 1. The summed E-state index contributed by atoms with van der Waals surface area (Å²) < 4.78 is 11.9. The first kappa shape index (κ1) is 17.1. The first-order chi connectivity index (χ1) is 11.7. The van der Waals surface area contributed by atoms with Crippen LogP contribution in [0.15, 0.2) is 12.1 Å². The maximum absolute atomic E-state index is 10.1. The van der Waals surface area contributed by atoms with Gasteiger partial charge in [0, 0.05) is 12.0 Å². The minimum Gasteiger partial charge on any atom is -0.504 e. The number of phenolic OH excluding ortho intramolecular Hbond substituents is 1. The molecule has 0 radical (unpaired) electrons. The van der Waals surface area contributed by atoms with Gasteiger partial charge in [0.05, 0.1) is 7.11 Å². The van der Waals surface area contributed by atoms with Gasteiger partial charge < -0.3 is 14.6 Å². The van der Waals surface area contributed by atoms with E-state index in [9.17, 15) is 5.11 Å². The Morgan fingerprint density at radius 2 is 1.84 bits per heavy atom. The summed E-state index contributed by atoms with van der Waals surface area (Å²) in [5.41, 5.74) is 1.79. The van der Waals surface area contributed by atoms with E-state index in [0.29, 0.717) is 22.5 Å². The van der Waals surface area contributed by atoms with Gasteiger partial charge in [0.25, 0.3) is 0 Å². The van der Waals surface area contributed by atoms with E-state index in [1.54, 1.807) is 13.2 Å². The number of rotatable bonds is 1. The molecular weight excluding hydrogens is 312 g/mol. The summed E-state index contributed by atoms with van der Waals surface area (Å²) in [5, 5.41) is 10.1. The van der Waals surface area contributed by atoms with Crippen LogP contribution in [0.5, 0.6) is 17.2 Å². The van der Waals surface area contributed by atoms with Crippen molar-refractivity contribution in [2.24, 2.45) is 22.7 Å². The lowest BCUT2D eigenvalue weighted by Gasteiger charge is -2.63. The molecule has 25 heavy (non-hydrogen) atoms. The molecule has 3 heteroatoms. The molecule has 0 spiro atoms. The van der Waals surface area contributed by atoms with Crippen molar-refractivity contribution in [3.63, 3.8) is 0 Å². The van der Waals surface area contributed by atoms with Crippen molar-refractivity contribution in [1.29, 1.82) is 0 Å². The molecule has 0 amide bonds. The van der Waals surface area contributed by atoms with Crippen molar-refractivity contribution in [1.82, 2.24) is 0 Å². The molecule has 3 aliphatic rings. The van der Waals surface area contributed by atoms with Crippen molar-refractivity contribution in [3.05, 3.63) is 17.7 Å². The van der Waals surface area contributed by atoms with E-state index in [2.05, 4.69) is 27.7 Å². The Labute approximate surface area is 151 Å². The third-order valence-electron chi connectivity index (χ3n) is 7.87. The third kappa shape index (κ3) is 2.38. The van der Waals surface area contributed by atoms with Gasteiger partial charge in [-0.2, -0.15) is 0 Å². The fourth-order valence-electron chi connectivity index (χ4n) is 6.66. The predicted molar refractivity (Wildman–Crippen MR) is 99.3 cm³/mol. The number of hydrogen-bond donors (Lipinski definition) is 1. The standard InChI is InChI=1S/C22H32O3/c1-20(2)8-6-9-21(3)18(20)7-10-22(4)19(21)12-14-11-17(24-5)15(23)13-16(14)25-22/h11,13,18-19,23H,6-10,12H2,1-5H3/t18-,19+,21-,22+/m0/s1. The molecule has 0 aromatic heterocycles. The average molecular weight is 344 g/mol. The van der Waals surface area contributed by atoms with Gasteiger partial charge in [-0.3, -0.25) is 0 Å². The van der Waals surface area contributed by atoms with Gasteiger partial charge in [0.15, 0.2) is 11.5 Å². The molecule has 1 aromatic rings. The summed E-state index contributed by atoms with van der Waals surface area (Å²) in [6.45, 7) is 9.75. The highest BCUT2D eigenvalue weighted by molar-refractivity contribution is 5.51. The zero-order chi connectivity index (χ0) is 18.0. The highest BCUT2D eigenvalue weighted by Gasteiger charge is 2.60. The Morgan fingerprint density at radius 1 is 1.08 bits per heavy atom. The minimum atomic E-state index is -0.132. The SMILES string of the molecule is COc1cc2c(cc1O)O[C@]1(C)CC[C@H]3C(C)(C)CCC[C@]3(C)[C@H]1C2. The summed E-state index contributed by atoms with van der Waals surface area (Å²) in [6.07, 6.45) is 7.33.